The predicted molar refractivity (Wildman–Crippen MR) is 95.3 cm³/mol. The number of likely N-dealkylation sites (N-methyl/N-ethyl adjacent to an activating group) is 1. The minimum Gasteiger partial charge on any atom is -0.332 e. The summed E-state index contributed by atoms with van der Waals surface area (Å²) < 4.78 is 39.2. The number of carbonyl (C=O) groups excluding carboxylic acids is 2. The summed E-state index contributed by atoms with van der Waals surface area (Å²) in [5, 5.41) is 2.67. The minimum absolute atomic E-state index is 0.367. The van der Waals surface area contributed by atoms with Crippen molar-refractivity contribution in [3.05, 3.63) is 59.7 Å². The van der Waals surface area contributed by atoms with E-state index in [0.29, 0.717) is 5.69 Å². The molecule has 2 rings (SSSR count). The lowest BCUT2D eigenvalue weighted by molar-refractivity contribution is -0.138. The zero-order valence-corrected chi connectivity index (χ0v) is 14.9. The van der Waals surface area contributed by atoms with E-state index in [-0.39, 0.29) is 6.54 Å². The Morgan fingerprint density at radius 1 is 1.08 bits per heavy atom. The van der Waals surface area contributed by atoms with Crippen LogP contribution in [0.4, 0.5) is 18.9 Å². The third kappa shape index (κ3) is 4.78. The quantitative estimate of drug-likeness (QED) is 0.791. The number of nitrogens with zero attached hydrogens (tertiary/aromatic N) is 1. The van der Waals surface area contributed by atoms with Gasteiger partial charge in [-0.15, -0.1) is 11.8 Å². The first-order chi connectivity index (χ1) is 12.2. The first-order valence-corrected chi connectivity index (χ1v) is 8.81. The van der Waals surface area contributed by atoms with Crippen molar-refractivity contribution < 1.29 is 22.8 Å². The number of alkyl halides is 3. The Kier molecular flexibility index (Phi) is 6.31. The molecule has 0 atom stereocenters. The summed E-state index contributed by atoms with van der Waals surface area (Å²) >= 11 is 1.44. The fourth-order valence-electron chi connectivity index (χ4n) is 2.35. The van der Waals surface area contributed by atoms with E-state index in [9.17, 15) is 22.8 Å². The van der Waals surface area contributed by atoms with Gasteiger partial charge < -0.3 is 10.2 Å². The number of thioether (sulfide) groups is 1. The summed E-state index contributed by atoms with van der Waals surface area (Å²) in [5.74, 6) is -1.36. The number of halogens is 3. The highest BCUT2D eigenvalue weighted by Crippen LogP contribution is 2.32. The lowest BCUT2D eigenvalue weighted by Gasteiger charge is -2.20. The largest absolute Gasteiger partial charge is 0.417 e. The van der Waals surface area contributed by atoms with Crippen LogP contribution in [0.2, 0.25) is 0 Å². The van der Waals surface area contributed by atoms with Gasteiger partial charge in [-0.25, -0.2) is 0 Å². The van der Waals surface area contributed by atoms with Crippen molar-refractivity contribution in [2.75, 3.05) is 25.2 Å². The molecule has 0 aliphatic rings. The Bertz CT molecular complexity index is 809. The van der Waals surface area contributed by atoms with Gasteiger partial charge in [0.2, 0.25) is 5.91 Å². The molecule has 2 aromatic carbocycles. The van der Waals surface area contributed by atoms with Gasteiger partial charge in [-0.2, -0.15) is 13.2 Å². The van der Waals surface area contributed by atoms with E-state index in [4.69, 9.17) is 0 Å². The monoisotopic (exact) mass is 382 g/mol. The summed E-state index contributed by atoms with van der Waals surface area (Å²) in [6.45, 7) is -0.367. The summed E-state index contributed by atoms with van der Waals surface area (Å²) in [7, 11) is 1.29. The lowest BCUT2D eigenvalue weighted by Crippen LogP contribution is -2.36. The minimum atomic E-state index is -4.65. The first-order valence-electron chi connectivity index (χ1n) is 7.58. The van der Waals surface area contributed by atoms with E-state index < -0.39 is 29.1 Å². The average Bonchev–Trinajstić information content (AvgIpc) is 2.60. The fourth-order valence-corrected chi connectivity index (χ4v) is 2.90. The van der Waals surface area contributed by atoms with E-state index in [1.54, 1.807) is 12.1 Å². The molecule has 0 bridgehead atoms. The molecule has 0 aromatic heterocycles. The Morgan fingerprint density at radius 2 is 1.69 bits per heavy atom. The van der Waals surface area contributed by atoms with Crippen LogP contribution in [0.3, 0.4) is 0 Å². The second-order valence-electron chi connectivity index (χ2n) is 5.45. The number of hydrogen-bond donors (Lipinski definition) is 1. The van der Waals surface area contributed by atoms with Gasteiger partial charge in [0.25, 0.3) is 5.91 Å². The molecule has 0 aliphatic heterocycles. The second-order valence-corrected chi connectivity index (χ2v) is 6.30. The number of hydrogen-bond acceptors (Lipinski definition) is 3. The molecule has 2 aromatic rings. The zero-order valence-electron chi connectivity index (χ0n) is 14.1. The van der Waals surface area contributed by atoms with Gasteiger partial charge in [0, 0.05) is 11.9 Å². The molecule has 4 nitrogen and oxygen atoms in total. The van der Waals surface area contributed by atoms with Gasteiger partial charge in [0.05, 0.1) is 23.4 Å². The number of nitrogens with one attached hydrogen (secondary N) is 1. The Labute approximate surface area is 153 Å². The molecular formula is C18H17F3N2O2S. The van der Waals surface area contributed by atoms with Gasteiger partial charge in [-0.05, 0) is 30.5 Å². The summed E-state index contributed by atoms with van der Waals surface area (Å²) in [4.78, 5) is 26.3. The highest BCUT2D eigenvalue weighted by molar-refractivity contribution is 7.98. The van der Waals surface area contributed by atoms with Crippen molar-refractivity contribution in [1.82, 2.24) is 4.90 Å². The van der Waals surface area contributed by atoms with Gasteiger partial charge >= 0.3 is 6.18 Å². The Hall–Kier alpha value is -2.48. The van der Waals surface area contributed by atoms with Crippen LogP contribution >= 0.6 is 11.8 Å². The summed E-state index contributed by atoms with van der Waals surface area (Å²) in [6.07, 6.45) is -2.79. The van der Waals surface area contributed by atoms with E-state index in [0.717, 1.165) is 21.9 Å². The molecule has 0 radical (unpaired) electrons. The van der Waals surface area contributed by atoms with Crippen LogP contribution in [0.15, 0.2) is 53.4 Å². The molecule has 0 fully saturated rings. The number of rotatable bonds is 5. The lowest BCUT2D eigenvalue weighted by atomic mass is 10.1. The van der Waals surface area contributed by atoms with Crippen molar-refractivity contribution in [3.63, 3.8) is 0 Å². The maximum Gasteiger partial charge on any atom is 0.417 e. The number of anilines is 1. The fraction of sp³-hybridized carbons (Fsp3) is 0.222. The zero-order chi connectivity index (χ0) is 19.3. The van der Waals surface area contributed by atoms with E-state index >= 15 is 0 Å². The molecule has 0 aliphatic carbocycles. The second kappa shape index (κ2) is 8.27. The van der Waals surface area contributed by atoms with Gasteiger partial charge in [-0.3, -0.25) is 9.59 Å². The van der Waals surface area contributed by atoms with Crippen molar-refractivity contribution in [3.8, 4) is 0 Å². The SMILES string of the molecule is CSc1ccccc1NC(=O)CN(C)C(=O)c1ccccc1C(F)(F)F. The molecule has 8 heteroatoms. The molecular weight excluding hydrogens is 365 g/mol. The Balaban J connectivity index is 2.11. The van der Waals surface area contributed by atoms with Crippen LogP contribution < -0.4 is 5.32 Å². The normalized spacial score (nSPS) is 11.1. The molecule has 26 heavy (non-hydrogen) atoms. The molecule has 0 spiro atoms. The third-order valence-corrected chi connectivity index (χ3v) is 4.37. The number of carbonyl (C=O) groups is 2. The van der Waals surface area contributed by atoms with Crippen LogP contribution in [0.1, 0.15) is 15.9 Å². The smallest absolute Gasteiger partial charge is 0.332 e. The van der Waals surface area contributed by atoms with Crippen molar-refractivity contribution in [2.24, 2.45) is 0 Å². The molecule has 0 heterocycles. The van der Waals surface area contributed by atoms with Crippen LogP contribution in [0, 0.1) is 0 Å². The van der Waals surface area contributed by atoms with E-state index in [1.165, 1.54) is 30.9 Å². The van der Waals surface area contributed by atoms with Gasteiger partial charge in [-0.1, -0.05) is 24.3 Å². The third-order valence-electron chi connectivity index (χ3n) is 3.57. The van der Waals surface area contributed by atoms with Crippen LogP contribution in [-0.4, -0.2) is 36.6 Å². The van der Waals surface area contributed by atoms with Crippen LogP contribution in [0.5, 0.6) is 0 Å². The molecule has 0 saturated carbocycles. The predicted octanol–water partition coefficient (Wildman–Crippen LogP) is 4.14. The van der Waals surface area contributed by atoms with Crippen molar-refractivity contribution in [1.29, 1.82) is 0 Å². The summed E-state index contributed by atoms with van der Waals surface area (Å²) in [5.41, 5.74) is -0.925. The molecule has 1 N–H and O–H groups in total. The van der Waals surface area contributed by atoms with Crippen LogP contribution in [-0.2, 0) is 11.0 Å². The number of amides is 2. The van der Waals surface area contributed by atoms with Gasteiger partial charge in [0.15, 0.2) is 0 Å². The topological polar surface area (TPSA) is 49.4 Å². The first kappa shape index (κ1) is 19.8. The van der Waals surface area contributed by atoms with Crippen LogP contribution in [0.25, 0.3) is 0 Å². The maximum absolute atomic E-state index is 13.1. The highest BCUT2D eigenvalue weighted by atomic mass is 32.2. The number of para-hydroxylation sites is 1. The molecule has 138 valence electrons. The maximum atomic E-state index is 13.1. The van der Waals surface area contributed by atoms with E-state index in [1.807, 2.05) is 18.4 Å². The average molecular weight is 382 g/mol. The molecule has 0 saturated heterocycles. The van der Waals surface area contributed by atoms with Crippen molar-refractivity contribution in [2.45, 2.75) is 11.1 Å². The molecule has 2 amide bonds. The van der Waals surface area contributed by atoms with Gasteiger partial charge in [0.1, 0.15) is 0 Å². The summed E-state index contributed by atoms with van der Waals surface area (Å²) in [6, 6.07) is 11.6. The number of benzene rings is 2. The highest BCUT2D eigenvalue weighted by Gasteiger charge is 2.35. The standard InChI is InChI=1S/C18H17F3N2O2S/c1-23(11-16(24)22-14-9-5-6-10-15(14)26-2)17(25)12-7-3-4-8-13(12)18(19,20)21/h3-10H,11H2,1-2H3,(H,22,24). The molecule has 0 unspecified atom stereocenters. The Morgan fingerprint density at radius 3 is 2.35 bits per heavy atom. The van der Waals surface area contributed by atoms with Crippen molar-refractivity contribution >= 4 is 29.3 Å². The van der Waals surface area contributed by atoms with E-state index in [2.05, 4.69) is 5.32 Å².